The largest absolute Gasteiger partial charge is 0.383 e. The lowest BCUT2D eigenvalue weighted by Gasteiger charge is -2.11. The average molecular weight is 361 g/mol. The van der Waals surface area contributed by atoms with Crippen LogP contribution in [0, 0.1) is 18.3 Å². The van der Waals surface area contributed by atoms with Crippen LogP contribution in [0.1, 0.15) is 32.3 Å². The van der Waals surface area contributed by atoms with Gasteiger partial charge in [0.05, 0.1) is 5.69 Å². The fourth-order valence-corrected chi connectivity index (χ4v) is 3.53. The number of pyridine rings is 3. The summed E-state index contributed by atoms with van der Waals surface area (Å²) in [5, 5.41) is 4.61. The summed E-state index contributed by atoms with van der Waals surface area (Å²) < 4.78 is 0. The van der Waals surface area contributed by atoms with Gasteiger partial charge in [-0.2, -0.15) is 0 Å². The zero-order chi connectivity index (χ0) is 19.2. The van der Waals surface area contributed by atoms with E-state index < -0.39 is 0 Å². The van der Waals surface area contributed by atoms with Crippen LogP contribution in [-0.4, -0.2) is 20.9 Å². The number of nitrogens with two attached hydrogens (primary N) is 1. The van der Waals surface area contributed by atoms with Crippen LogP contribution in [0.2, 0.25) is 0 Å². The SMILES string of the molecule is CC[C@@]1(C)C[C@H]1C(=O)Nc1cc2cc(-c3cnccc3C)nc(N)c2cn1. The van der Waals surface area contributed by atoms with Crippen molar-refractivity contribution in [2.24, 2.45) is 11.3 Å². The predicted octanol–water partition coefficient (Wildman–Crippen LogP) is 3.96. The van der Waals surface area contributed by atoms with E-state index in [2.05, 4.69) is 34.1 Å². The molecule has 2 atom stereocenters. The van der Waals surface area contributed by atoms with E-state index in [1.165, 1.54) is 0 Å². The number of fused-ring (bicyclic) bond motifs is 1. The van der Waals surface area contributed by atoms with Crippen molar-refractivity contribution in [2.45, 2.75) is 33.6 Å². The molecule has 4 rings (SSSR count). The lowest BCUT2D eigenvalue weighted by Crippen LogP contribution is -2.18. The number of nitrogen functional groups attached to an aromatic ring is 1. The van der Waals surface area contributed by atoms with Gasteiger partial charge in [0.2, 0.25) is 5.91 Å². The third-order valence-electron chi connectivity index (χ3n) is 5.79. The summed E-state index contributed by atoms with van der Waals surface area (Å²) in [5.41, 5.74) is 9.04. The summed E-state index contributed by atoms with van der Waals surface area (Å²) in [6.07, 6.45) is 7.14. The number of nitrogens with zero attached hydrogens (tertiary/aromatic N) is 3. The van der Waals surface area contributed by atoms with Crippen LogP contribution in [0.15, 0.2) is 36.8 Å². The molecule has 138 valence electrons. The normalized spacial score (nSPS) is 21.2. The molecule has 0 aliphatic heterocycles. The number of carbonyl (C=O) groups is 1. The Morgan fingerprint density at radius 1 is 1.37 bits per heavy atom. The maximum atomic E-state index is 12.5. The highest BCUT2D eigenvalue weighted by atomic mass is 16.2. The van der Waals surface area contributed by atoms with Gasteiger partial charge in [-0.1, -0.05) is 13.8 Å². The van der Waals surface area contributed by atoms with Crippen LogP contribution < -0.4 is 11.1 Å². The molecule has 0 spiro atoms. The van der Waals surface area contributed by atoms with Gasteiger partial charge in [-0.15, -0.1) is 0 Å². The van der Waals surface area contributed by atoms with Gasteiger partial charge in [-0.3, -0.25) is 9.78 Å². The van der Waals surface area contributed by atoms with Gasteiger partial charge in [0.15, 0.2) is 0 Å². The molecule has 6 heteroatoms. The van der Waals surface area contributed by atoms with Gasteiger partial charge < -0.3 is 11.1 Å². The van der Waals surface area contributed by atoms with Crippen molar-refractivity contribution in [3.05, 3.63) is 42.4 Å². The number of carbonyl (C=O) groups excluding carboxylic acids is 1. The molecule has 1 aliphatic carbocycles. The molecule has 6 nitrogen and oxygen atoms in total. The van der Waals surface area contributed by atoms with Gasteiger partial charge in [-0.25, -0.2) is 9.97 Å². The molecule has 1 fully saturated rings. The Labute approximate surface area is 158 Å². The van der Waals surface area contributed by atoms with E-state index in [1.807, 2.05) is 25.1 Å². The molecule has 3 N–H and O–H groups in total. The predicted molar refractivity (Wildman–Crippen MR) is 107 cm³/mol. The molecule has 27 heavy (non-hydrogen) atoms. The van der Waals surface area contributed by atoms with Crippen LogP contribution in [-0.2, 0) is 4.79 Å². The summed E-state index contributed by atoms with van der Waals surface area (Å²) in [7, 11) is 0. The Morgan fingerprint density at radius 3 is 2.89 bits per heavy atom. The van der Waals surface area contributed by atoms with E-state index in [4.69, 9.17) is 5.73 Å². The van der Waals surface area contributed by atoms with E-state index in [-0.39, 0.29) is 17.2 Å². The highest BCUT2D eigenvalue weighted by Gasteiger charge is 2.52. The van der Waals surface area contributed by atoms with Crippen LogP contribution in [0.4, 0.5) is 11.6 Å². The molecule has 0 aromatic carbocycles. The van der Waals surface area contributed by atoms with Crippen LogP contribution in [0.5, 0.6) is 0 Å². The molecule has 3 aromatic rings. The second-order valence-electron chi connectivity index (χ2n) is 7.63. The highest BCUT2D eigenvalue weighted by Crippen LogP contribution is 2.55. The first-order valence-electron chi connectivity index (χ1n) is 9.19. The molecule has 1 aliphatic rings. The summed E-state index contributed by atoms with van der Waals surface area (Å²) in [5.74, 6) is 1.06. The molecule has 0 unspecified atom stereocenters. The Balaban J connectivity index is 1.67. The number of anilines is 2. The first kappa shape index (κ1) is 17.4. The topological polar surface area (TPSA) is 93.8 Å². The van der Waals surface area contributed by atoms with E-state index >= 15 is 0 Å². The summed E-state index contributed by atoms with van der Waals surface area (Å²) in [6, 6.07) is 5.75. The zero-order valence-corrected chi connectivity index (χ0v) is 15.8. The summed E-state index contributed by atoms with van der Waals surface area (Å²) >= 11 is 0. The number of nitrogens with one attached hydrogen (secondary N) is 1. The van der Waals surface area contributed by atoms with Crippen molar-refractivity contribution in [1.82, 2.24) is 15.0 Å². The summed E-state index contributed by atoms with van der Waals surface area (Å²) in [6.45, 7) is 6.29. The van der Waals surface area contributed by atoms with E-state index in [1.54, 1.807) is 18.6 Å². The minimum absolute atomic E-state index is 0.0385. The maximum Gasteiger partial charge on any atom is 0.229 e. The van der Waals surface area contributed by atoms with Crippen molar-refractivity contribution in [2.75, 3.05) is 11.1 Å². The van der Waals surface area contributed by atoms with E-state index in [9.17, 15) is 4.79 Å². The molecule has 1 saturated carbocycles. The summed E-state index contributed by atoms with van der Waals surface area (Å²) in [4.78, 5) is 25.5. The van der Waals surface area contributed by atoms with Gasteiger partial charge in [0, 0.05) is 35.5 Å². The first-order valence-corrected chi connectivity index (χ1v) is 9.19. The quantitative estimate of drug-likeness (QED) is 0.733. The maximum absolute atomic E-state index is 12.5. The molecule has 3 heterocycles. The third kappa shape index (κ3) is 3.12. The van der Waals surface area contributed by atoms with E-state index in [0.29, 0.717) is 11.6 Å². The fourth-order valence-electron chi connectivity index (χ4n) is 3.53. The minimum atomic E-state index is 0.0385. The fraction of sp³-hybridized carbons (Fsp3) is 0.333. The second kappa shape index (κ2) is 6.30. The number of hydrogen-bond donors (Lipinski definition) is 2. The van der Waals surface area contributed by atoms with Crippen molar-refractivity contribution in [3.8, 4) is 11.3 Å². The zero-order valence-electron chi connectivity index (χ0n) is 15.8. The molecule has 0 saturated heterocycles. The monoisotopic (exact) mass is 361 g/mol. The molecule has 0 bridgehead atoms. The molecular weight excluding hydrogens is 338 g/mol. The van der Waals surface area contributed by atoms with Crippen LogP contribution in [0.25, 0.3) is 22.0 Å². The van der Waals surface area contributed by atoms with E-state index in [0.717, 1.165) is 40.4 Å². The Morgan fingerprint density at radius 2 is 2.19 bits per heavy atom. The Hall–Kier alpha value is -3.02. The van der Waals surface area contributed by atoms with Crippen molar-refractivity contribution < 1.29 is 4.79 Å². The standard InChI is InChI=1S/C21H23N5O/c1-4-21(3)9-16(21)20(27)26-18-8-13-7-17(14-10-23-6-5-12(14)2)25-19(22)15(13)11-24-18/h5-8,10-11,16H,4,9H2,1-3H3,(H2,22,25)(H,24,26,27)/t16-,21-/m0/s1. The van der Waals surface area contributed by atoms with Crippen molar-refractivity contribution in [3.63, 3.8) is 0 Å². The van der Waals surface area contributed by atoms with Gasteiger partial charge in [-0.05, 0) is 54.3 Å². The number of aromatic nitrogens is 3. The third-order valence-corrected chi connectivity index (χ3v) is 5.79. The van der Waals surface area contributed by atoms with Gasteiger partial charge in [0.1, 0.15) is 11.6 Å². The molecule has 1 amide bonds. The number of amides is 1. The second-order valence-corrected chi connectivity index (χ2v) is 7.63. The van der Waals surface area contributed by atoms with Gasteiger partial charge in [0.25, 0.3) is 0 Å². The Bertz CT molecular complexity index is 1050. The molecule has 3 aromatic heterocycles. The first-order chi connectivity index (χ1) is 12.9. The molecule has 0 radical (unpaired) electrons. The number of hydrogen-bond acceptors (Lipinski definition) is 5. The molecular formula is C21H23N5O. The smallest absolute Gasteiger partial charge is 0.229 e. The lowest BCUT2D eigenvalue weighted by molar-refractivity contribution is -0.118. The Kier molecular flexibility index (Phi) is 4.06. The highest BCUT2D eigenvalue weighted by molar-refractivity contribution is 5.98. The van der Waals surface area contributed by atoms with Gasteiger partial charge >= 0.3 is 0 Å². The minimum Gasteiger partial charge on any atom is -0.383 e. The van der Waals surface area contributed by atoms with Crippen LogP contribution in [0.3, 0.4) is 0 Å². The number of aryl methyl sites for hydroxylation is 1. The van der Waals surface area contributed by atoms with Crippen LogP contribution >= 0.6 is 0 Å². The number of rotatable bonds is 4. The lowest BCUT2D eigenvalue weighted by atomic mass is 10.0. The average Bonchev–Trinajstić information content (AvgIpc) is 3.34. The van der Waals surface area contributed by atoms with Crippen molar-refractivity contribution >= 4 is 28.3 Å². The van der Waals surface area contributed by atoms with Crippen molar-refractivity contribution in [1.29, 1.82) is 0 Å².